The van der Waals surface area contributed by atoms with Crippen LogP contribution in [0.5, 0.6) is 0 Å². The molecule has 0 spiro atoms. The average Bonchev–Trinajstić information content (AvgIpc) is 2.55. The molecular weight excluding hydrogens is 168 g/mol. The number of hydrogen-bond donors (Lipinski definition) is 0. The maximum atomic E-state index is 11.5. The van der Waals surface area contributed by atoms with E-state index in [2.05, 4.69) is 0 Å². The van der Waals surface area contributed by atoms with Gasteiger partial charge in [-0.3, -0.25) is 4.79 Å². The number of carbonyl (C=O) groups is 1. The number of carbonyl (C=O) groups excluding carboxylic acids is 1. The minimum absolute atomic E-state index is 0.131. The van der Waals surface area contributed by atoms with E-state index >= 15 is 0 Å². The standard InChI is InChI=1S/C10H16O3/c1-12-6-13-10-5-9(11)7-2-3-8(10)4-7/h7-8,10H,2-6H2,1H3/t7-,8+,10+/m1/s1. The van der Waals surface area contributed by atoms with E-state index < -0.39 is 0 Å². The highest BCUT2D eigenvalue weighted by atomic mass is 16.7. The Labute approximate surface area is 78.4 Å². The highest BCUT2D eigenvalue weighted by Gasteiger charge is 2.41. The molecular formula is C10H16O3. The Morgan fingerprint density at radius 1 is 1.46 bits per heavy atom. The molecule has 0 aromatic carbocycles. The van der Waals surface area contributed by atoms with Crippen molar-refractivity contribution in [2.24, 2.45) is 11.8 Å². The summed E-state index contributed by atoms with van der Waals surface area (Å²) in [5.41, 5.74) is 0. The van der Waals surface area contributed by atoms with E-state index in [4.69, 9.17) is 9.47 Å². The Morgan fingerprint density at radius 2 is 2.31 bits per heavy atom. The third-order valence-corrected chi connectivity index (χ3v) is 3.26. The SMILES string of the molecule is COCO[C@H]1CC(=O)[C@@H]2CC[C@H]1C2. The van der Waals surface area contributed by atoms with Crippen molar-refractivity contribution in [3.05, 3.63) is 0 Å². The van der Waals surface area contributed by atoms with Gasteiger partial charge in [-0.1, -0.05) is 0 Å². The summed E-state index contributed by atoms with van der Waals surface area (Å²) in [7, 11) is 1.61. The summed E-state index contributed by atoms with van der Waals surface area (Å²) in [4.78, 5) is 11.5. The number of ketones is 1. The zero-order chi connectivity index (χ0) is 9.26. The van der Waals surface area contributed by atoms with Crippen molar-refractivity contribution in [3.63, 3.8) is 0 Å². The lowest BCUT2D eigenvalue weighted by Crippen LogP contribution is -2.32. The van der Waals surface area contributed by atoms with Crippen LogP contribution < -0.4 is 0 Å². The topological polar surface area (TPSA) is 35.5 Å². The molecule has 0 amide bonds. The van der Waals surface area contributed by atoms with Gasteiger partial charge in [-0.15, -0.1) is 0 Å². The molecule has 0 saturated heterocycles. The Kier molecular flexibility index (Phi) is 2.65. The van der Waals surface area contributed by atoms with Crippen molar-refractivity contribution in [1.29, 1.82) is 0 Å². The number of Topliss-reactive ketones (excluding diaryl/α,β-unsaturated/α-hetero) is 1. The number of methoxy groups -OCH3 is 1. The van der Waals surface area contributed by atoms with Gasteiger partial charge in [-0.2, -0.15) is 0 Å². The monoisotopic (exact) mass is 184 g/mol. The quantitative estimate of drug-likeness (QED) is 0.621. The van der Waals surface area contributed by atoms with E-state index in [9.17, 15) is 4.79 Å². The Morgan fingerprint density at radius 3 is 3.08 bits per heavy atom. The molecule has 13 heavy (non-hydrogen) atoms. The second-order valence-electron chi connectivity index (χ2n) is 4.05. The van der Waals surface area contributed by atoms with Crippen LogP contribution >= 0.6 is 0 Å². The molecule has 0 radical (unpaired) electrons. The van der Waals surface area contributed by atoms with Crippen LogP contribution in [0.3, 0.4) is 0 Å². The molecule has 0 heterocycles. The maximum Gasteiger partial charge on any atom is 0.146 e. The molecule has 74 valence electrons. The van der Waals surface area contributed by atoms with E-state index in [1.165, 1.54) is 0 Å². The predicted molar refractivity (Wildman–Crippen MR) is 47.2 cm³/mol. The fourth-order valence-electron chi connectivity index (χ4n) is 2.53. The molecule has 2 saturated carbocycles. The van der Waals surface area contributed by atoms with Gasteiger partial charge in [0, 0.05) is 19.4 Å². The summed E-state index contributed by atoms with van der Waals surface area (Å²) < 4.78 is 10.3. The summed E-state index contributed by atoms with van der Waals surface area (Å²) in [6.07, 6.45) is 4.03. The summed E-state index contributed by atoms with van der Waals surface area (Å²) in [5, 5.41) is 0. The van der Waals surface area contributed by atoms with Gasteiger partial charge in [0.1, 0.15) is 12.6 Å². The van der Waals surface area contributed by atoms with Crippen LogP contribution in [-0.2, 0) is 14.3 Å². The molecule has 0 aromatic rings. The zero-order valence-electron chi connectivity index (χ0n) is 7.99. The summed E-state index contributed by atoms with van der Waals surface area (Å²) in [6, 6.07) is 0. The average molecular weight is 184 g/mol. The van der Waals surface area contributed by atoms with E-state index in [0.717, 1.165) is 19.3 Å². The van der Waals surface area contributed by atoms with Crippen molar-refractivity contribution in [3.8, 4) is 0 Å². The molecule has 2 aliphatic rings. The molecule has 3 atom stereocenters. The first kappa shape index (κ1) is 9.16. The van der Waals surface area contributed by atoms with Crippen LogP contribution in [0, 0.1) is 11.8 Å². The van der Waals surface area contributed by atoms with E-state index in [-0.39, 0.29) is 6.10 Å². The largest absolute Gasteiger partial charge is 0.359 e. The maximum absolute atomic E-state index is 11.5. The molecule has 2 rings (SSSR count). The van der Waals surface area contributed by atoms with Crippen molar-refractivity contribution < 1.29 is 14.3 Å². The van der Waals surface area contributed by atoms with Crippen LogP contribution in [0.1, 0.15) is 25.7 Å². The fourth-order valence-corrected chi connectivity index (χ4v) is 2.53. The van der Waals surface area contributed by atoms with Crippen LogP contribution in [0.25, 0.3) is 0 Å². The Hall–Kier alpha value is -0.410. The van der Waals surface area contributed by atoms with E-state index in [1.807, 2.05) is 0 Å². The van der Waals surface area contributed by atoms with E-state index in [1.54, 1.807) is 7.11 Å². The highest BCUT2D eigenvalue weighted by Crippen LogP contribution is 2.41. The molecule has 2 fully saturated rings. The van der Waals surface area contributed by atoms with Crippen LogP contribution in [0.4, 0.5) is 0 Å². The van der Waals surface area contributed by atoms with Gasteiger partial charge >= 0.3 is 0 Å². The Bertz CT molecular complexity index is 202. The van der Waals surface area contributed by atoms with Crippen LogP contribution in [0.2, 0.25) is 0 Å². The smallest absolute Gasteiger partial charge is 0.146 e. The first-order valence-electron chi connectivity index (χ1n) is 4.94. The lowest BCUT2D eigenvalue weighted by Gasteiger charge is -2.27. The summed E-state index contributed by atoms with van der Waals surface area (Å²) in [6.45, 7) is 0.319. The van der Waals surface area contributed by atoms with Crippen molar-refractivity contribution in [2.45, 2.75) is 31.8 Å². The number of rotatable bonds is 3. The molecule has 0 N–H and O–H groups in total. The summed E-state index contributed by atoms with van der Waals surface area (Å²) >= 11 is 0. The van der Waals surface area contributed by atoms with Gasteiger partial charge in [0.2, 0.25) is 0 Å². The third kappa shape index (κ3) is 1.76. The van der Waals surface area contributed by atoms with Gasteiger partial charge in [-0.05, 0) is 25.2 Å². The second kappa shape index (κ2) is 3.76. The highest BCUT2D eigenvalue weighted by molar-refractivity contribution is 5.82. The lowest BCUT2D eigenvalue weighted by molar-refractivity contribution is -0.136. The number of ether oxygens (including phenoxy) is 2. The van der Waals surface area contributed by atoms with Gasteiger partial charge in [0.25, 0.3) is 0 Å². The number of hydrogen-bond acceptors (Lipinski definition) is 3. The molecule has 2 bridgehead atoms. The van der Waals surface area contributed by atoms with Gasteiger partial charge in [0.15, 0.2) is 0 Å². The van der Waals surface area contributed by atoms with Crippen molar-refractivity contribution in [1.82, 2.24) is 0 Å². The summed E-state index contributed by atoms with van der Waals surface area (Å²) in [5.74, 6) is 1.36. The molecule has 0 unspecified atom stereocenters. The van der Waals surface area contributed by atoms with Crippen LogP contribution in [-0.4, -0.2) is 25.8 Å². The Balaban J connectivity index is 1.92. The van der Waals surface area contributed by atoms with Gasteiger partial charge in [0.05, 0.1) is 6.10 Å². The zero-order valence-corrected chi connectivity index (χ0v) is 7.99. The molecule has 3 heteroatoms. The third-order valence-electron chi connectivity index (χ3n) is 3.26. The predicted octanol–water partition coefficient (Wildman–Crippen LogP) is 1.36. The first-order valence-corrected chi connectivity index (χ1v) is 4.94. The second-order valence-corrected chi connectivity index (χ2v) is 4.05. The van der Waals surface area contributed by atoms with Crippen molar-refractivity contribution in [2.75, 3.05) is 13.9 Å². The first-order chi connectivity index (χ1) is 6.31. The van der Waals surface area contributed by atoms with Crippen molar-refractivity contribution >= 4 is 5.78 Å². The fraction of sp³-hybridized carbons (Fsp3) is 0.900. The van der Waals surface area contributed by atoms with Crippen LogP contribution in [0.15, 0.2) is 0 Å². The van der Waals surface area contributed by atoms with Gasteiger partial charge in [-0.25, -0.2) is 0 Å². The van der Waals surface area contributed by atoms with Gasteiger partial charge < -0.3 is 9.47 Å². The normalized spacial score (nSPS) is 38.2. The number of fused-ring (bicyclic) bond motifs is 2. The molecule has 0 aromatic heterocycles. The molecule has 2 aliphatic carbocycles. The minimum Gasteiger partial charge on any atom is -0.359 e. The molecule has 3 nitrogen and oxygen atoms in total. The van der Waals surface area contributed by atoms with E-state index in [0.29, 0.717) is 30.8 Å². The lowest BCUT2D eigenvalue weighted by atomic mass is 9.86. The minimum atomic E-state index is 0.131. The molecule has 0 aliphatic heterocycles.